The van der Waals surface area contributed by atoms with Crippen LogP contribution in [0.5, 0.6) is 0 Å². The first-order valence-electron chi connectivity index (χ1n) is 6.86. The van der Waals surface area contributed by atoms with Crippen molar-refractivity contribution in [2.45, 2.75) is 32.2 Å². The number of nitrogens with zero attached hydrogens (tertiary/aromatic N) is 1. The summed E-state index contributed by atoms with van der Waals surface area (Å²) < 4.78 is 0. The minimum Gasteiger partial charge on any atom is -0.314 e. The fraction of sp³-hybridized carbons (Fsp3) is 0.375. The number of carbonyl (C=O) groups is 1. The van der Waals surface area contributed by atoms with Gasteiger partial charge in [-0.25, -0.2) is 0 Å². The Labute approximate surface area is 113 Å². The summed E-state index contributed by atoms with van der Waals surface area (Å²) in [6.45, 7) is 3.02. The monoisotopic (exact) mass is 254 g/mol. The van der Waals surface area contributed by atoms with E-state index in [4.69, 9.17) is 0 Å². The first-order valence-corrected chi connectivity index (χ1v) is 6.86. The van der Waals surface area contributed by atoms with Gasteiger partial charge in [0.25, 0.3) is 0 Å². The molecule has 0 amide bonds. The van der Waals surface area contributed by atoms with Crippen molar-refractivity contribution >= 4 is 16.7 Å². The van der Waals surface area contributed by atoms with Crippen molar-refractivity contribution in [3.8, 4) is 0 Å². The molecule has 3 heteroatoms. The first-order chi connectivity index (χ1) is 9.22. The number of rotatable bonds is 3. The fourth-order valence-corrected chi connectivity index (χ4v) is 2.67. The van der Waals surface area contributed by atoms with Gasteiger partial charge in [0.05, 0.1) is 5.52 Å². The van der Waals surface area contributed by atoms with E-state index in [9.17, 15) is 4.79 Å². The molecule has 1 unspecified atom stereocenters. The van der Waals surface area contributed by atoms with Crippen LogP contribution in [0.2, 0.25) is 0 Å². The third-order valence-corrected chi connectivity index (χ3v) is 3.74. The summed E-state index contributed by atoms with van der Waals surface area (Å²) in [6.07, 6.45) is 2.89. The Morgan fingerprint density at radius 1 is 1.37 bits per heavy atom. The van der Waals surface area contributed by atoms with Crippen molar-refractivity contribution in [2.24, 2.45) is 0 Å². The molecule has 3 rings (SSSR count). The largest absolute Gasteiger partial charge is 0.314 e. The van der Waals surface area contributed by atoms with Gasteiger partial charge in [-0.15, -0.1) is 0 Å². The summed E-state index contributed by atoms with van der Waals surface area (Å²) >= 11 is 0. The van der Waals surface area contributed by atoms with Crippen molar-refractivity contribution in [1.82, 2.24) is 10.3 Å². The molecule has 1 aliphatic heterocycles. The quantitative estimate of drug-likeness (QED) is 0.856. The number of nitrogens with one attached hydrogen (secondary N) is 1. The SMILES string of the molecule is Cc1ccc2cc(C(=O)CC3CCCN3)ccc2n1. The molecule has 98 valence electrons. The van der Waals surface area contributed by atoms with Gasteiger partial charge in [0, 0.05) is 29.1 Å². The number of ketones is 1. The highest BCUT2D eigenvalue weighted by Crippen LogP contribution is 2.18. The van der Waals surface area contributed by atoms with E-state index in [1.165, 1.54) is 6.42 Å². The molecule has 2 heterocycles. The molecule has 1 saturated heterocycles. The van der Waals surface area contributed by atoms with Crippen LogP contribution in [0, 0.1) is 6.92 Å². The number of pyridine rings is 1. The average molecular weight is 254 g/mol. The molecule has 2 aromatic rings. The Bertz CT molecular complexity index is 615. The van der Waals surface area contributed by atoms with E-state index in [2.05, 4.69) is 10.3 Å². The Hall–Kier alpha value is -1.74. The first kappa shape index (κ1) is 12.3. The van der Waals surface area contributed by atoms with E-state index in [1.807, 2.05) is 37.3 Å². The minimum absolute atomic E-state index is 0.224. The number of aryl methyl sites for hydroxylation is 1. The van der Waals surface area contributed by atoms with Crippen molar-refractivity contribution in [3.63, 3.8) is 0 Å². The van der Waals surface area contributed by atoms with Crippen LogP contribution in [0.4, 0.5) is 0 Å². The molecule has 1 fully saturated rings. The summed E-state index contributed by atoms with van der Waals surface area (Å²) in [7, 11) is 0. The number of aromatic nitrogens is 1. The Morgan fingerprint density at radius 2 is 2.26 bits per heavy atom. The zero-order valence-corrected chi connectivity index (χ0v) is 11.1. The predicted molar refractivity (Wildman–Crippen MR) is 76.5 cm³/mol. The lowest BCUT2D eigenvalue weighted by Gasteiger charge is -2.09. The van der Waals surface area contributed by atoms with Crippen LogP contribution in [-0.2, 0) is 0 Å². The summed E-state index contributed by atoms with van der Waals surface area (Å²) in [5.41, 5.74) is 2.75. The van der Waals surface area contributed by atoms with Crippen molar-refractivity contribution < 1.29 is 4.79 Å². The average Bonchev–Trinajstić information content (AvgIpc) is 2.91. The molecule has 0 saturated carbocycles. The lowest BCUT2D eigenvalue weighted by Crippen LogP contribution is -2.24. The molecule has 1 aromatic heterocycles. The second-order valence-corrected chi connectivity index (χ2v) is 5.28. The maximum atomic E-state index is 12.3. The maximum Gasteiger partial charge on any atom is 0.164 e. The van der Waals surface area contributed by atoms with Crippen LogP contribution < -0.4 is 5.32 Å². The van der Waals surface area contributed by atoms with Gasteiger partial charge in [-0.1, -0.05) is 6.07 Å². The molecule has 1 aliphatic rings. The van der Waals surface area contributed by atoms with E-state index < -0.39 is 0 Å². The van der Waals surface area contributed by atoms with Gasteiger partial charge >= 0.3 is 0 Å². The number of hydrogen-bond acceptors (Lipinski definition) is 3. The van der Waals surface area contributed by atoms with Crippen molar-refractivity contribution in [3.05, 3.63) is 41.6 Å². The van der Waals surface area contributed by atoms with E-state index in [0.717, 1.165) is 35.1 Å². The molecule has 1 atom stereocenters. The van der Waals surface area contributed by atoms with E-state index >= 15 is 0 Å². The van der Waals surface area contributed by atoms with Gasteiger partial charge in [0.15, 0.2) is 5.78 Å². The van der Waals surface area contributed by atoms with Gasteiger partial charge < -0.3 is 5.32 Å². The van der Waals surface area contributed by atoms with Gasteiger partial charge in [0.2, 0.25) is 0 Å². The zero-order valence-electron chi connectivity index (χ0n) is 11.1. The number of carbonyl (C=O) groups excluding carboxylic acids is 1. The summed E-state index contributed by atoms with van der Waals surface area (Å²) in [6, 6.07) is 10.2. The summed E-state index contributed by atoms with van der Waals surface area (Å²) in [5.74, 6) is 0.224. The smallest absolute Gasteiger partial charge is 0.164 e. The predicted octanol–water partition coefficient (Wildman–Crippen LogP) is 2.87. The number of fused-ring (bicyclic) bond motifs is 1. The van der Waals surface area contributed by atoms with Crippen LogP contribution in [0.3, 0.4) is 0 Å². The normalized spacial score (nSPS) is 18.9. The van der Waals surface area contributed by atoms with Crippen LogP contribution in [0.25, 0.3) is 10.9 Å². The molecular weight excluding hydrogens is 236 g/mol. The highest BCUT2D eigenvalue weighted by atomic mass is 16.1. The lowest BCUT2D eigenvalue weighted by atomic mass is 10.0. The molecule has 1 aromatic carbocycles. The van der Waals surface area contributed by atoms with Gasteiger partial charge in [-0.05, 0) is 50.6 Å². The van der Waals surface area contributed by atoms with Crippen molar-refractivity contribution in [1.29, 1.82) is 0 Å². The third-order valence-electron chi connectivity index (χ3n) is 3.74. The highest BCUT2D eigenvalue weighted by Gasteiger charge is 2.18. The number of benzene rings is 1. The van der Waals surface area contributed by atoms with Crippen LogP contribution in [0.1, 0.15) is 35.3 Å². The van der Waals surface area contributed by atoms with Crippen molar-refractivity contribution in [2.75, 3.05) is 6.54 Å². The molecular formula is C16H18N2O. The second-order valence-electron chi connectivity index (χ2n) is 5.28. The topological polar surface area (TPSA) is 42.0 Å². The summed E-state index contributed by atoms with van der Waals surface area (Å²) in [4.78, 5) is 16.7. The maximum absolute atomic E-state index is 12.3. The molecule has 0 spiro atoms. The minimum atomic E-state index is 0.224. The fourth-order valence-electron chi connectivity index (χ4n) is 2.67. The van der Waals surface area contributed by atoms with E-state index in [0.29, 0.717) is 12.5 Å². The summed E-state index contributed by atoms with van der Waals surface area (Å²) in [5, 5.41) is 4.41. The number of Topliss-reactive ketones (excluding diaryl/α,β-unsaturated/α-hetero) is 1. The third kappa shape index (κ3) is 2.66. The van der Waals surface area contributed by atoms with Crippen LogP contribution in [-0.4, -0.2) is 23.4 Å². The standard InChI is InChI=1S/C16H18N2O/c1-11-4-5-12-9-13(6-7-15(12)18-11)16(19)10-14-3-2-8-17-14/h4-7,9,14,17H,2-3,8,10H2,1H3. The lowest BCUT2D eigenvalue weighted by molar-refractivity contribution is 0.0972. The van der Waals surface area contributed by atoms with E-state index in [-0.39, 0.29) is 5.78 Å². The van der Waals surface area contributed by atoms with Gasteiger partial charge in [0.1, 0.15) is 0 Å². The molecule has 0 bridgehead atoms. The number of hydrogen-bond donors (Lipinski definition) is 1. The van der Waals surface area contributed by atoms with Crippen LogP contribution >= 0.6 is 0 Å². The molecule has 19 heavy (non-hydrogen) atoms. The van der Waals surface area contributed by atoms with Gasteiger partial charge in [-0.3, -0.25) is 9.78 Å². The Balaban J connectivity index is 1.83. The molecule has 0 aliphatic carbocycles. The van der Waals surface area contributed by atoms with Gasteiger partial charge in [-0.2, -0.15) is 0 Å². The zero-order chi connectivity index (χ0) is 13.2. The Morgan fingerprint density at radius 3 is 3.05 bits per heavy atom. The Kier molecular flexibility index (Phi) is 3.30. The van der Waals surface area contributed by atoms with Crippen LogP contribution in [0.15, 0.2) is 30.3 Å². The molecule has 3 nitrogen and oxygen atoms in total. The second kappa shape index (κ2) is 5.10. The highest BCUT2D eigenvalue weighted by molar-refractivity contribution is 5.99. The molecule has 1 N–H and O–H groups in total. The molecule has 0 radical (unpaired) electrons. The van der Waals surface area contributed by atoms with E-state index in [1.54, 1.807) is 0 Å².